The maximum absolute atomic E-state index is 2.39. The van der Waals surface area contributed by atoms with E-state index in [0.717, 1.165) is 5.92 Å². The highest BCUT2D eigenvalue weighted by molar-refractivity contribution is 4.78. The zero-order valence-corrected chi connectivity index (χ0v) is 11.7. The zero-order chi connectivity index (χ0) is 11.7. The molecule has 0 aliphatic heterocycles. The van der Waals surface area contributed by atoms with E-state index in [9.17, 15) is 0 Å². The van der Waals surface area contributed by atoms with E-state index >= 15 is 0 Å². The van der Waals surface area contributed by atoms with Crippen molar-refractivity contribution in [1.29, 1.82) is 0 Å². The molecular formula is C15H32. The molecule has 0 nitrogen and oxygen atoms in total. The molecule has 0 aliphatic carbocycles. The Morgan fingerprint density at radius 1 is 0.867 bits per heavy atom. The third kappa shape index (κ3) is 6.22. The van der Waals surface area contributed by atoms with Gasteiger partial charge in [0.25, 0.3) is 0 Å². The first-order chi connectivity index (χ1) is 7.10. The number of hydrogen-bond donors (Lipinski definition) is 0. The van der Waals surface area contributed by atoms with Crippen LogP contribution in [0.15, 0.2) is 0 Å². The third-order valence-electron chi connectivity index (χ3n) is 3.84. The van der Waals surface area contributed by atoms with E-state index in [1.54, 1.807) is 0 Å². The first-order valence-electron chi connectivity index (χ1n) is 7.10. The van der Waals surface area contributed by atoms with Gasteiger partial charge in [0.1, 0.15) is 0 Å². The van der Waals surface area contributed by atoms with Crippen LogP contribution < -0.4 is 0 Å². The average Bonchev–Trinajstić information content (AvgIpc) is 2.22. The SMILES string of the molecule is CCCCC(CC)(CCC)CCC(C)C. The number of rotatable bonds is 9. The second-order valence-electron chi connectivity index (χ2n) is 5.64. The first-order valence-corrected chi connectivity index (χ1v) is 7.10. The smallest absolute Gasteiger partial charge is 0.0300 e. The molecule has 0 heterocycles. The molecule has 0 saturated heterocycles. The van der Waals surface area contributed by atoms with Crippen molar-refractivity contribution >= 4 is 0 Å². The minimum atomic E-state index is 0.676. The molecule has 1 atom stereocenters. The van der Waals surface area contributed by atoms with E-state index in [1.165, 1.54) is 51.4 Å². The summed E-state index contributed by atoms with van der Waals surface area (Å²) < 4.78 is 0. The minimum Gasteiger partial charge on any atom is -0.0654 e. The lowest BCUT2D eigenvalue weighted by Gasteiger charge is -2.33. The second kappa shape index (κ2) is 8.19. The molecule has 0 spiro atoms. The first kappa shape index (κ1) is 15.0. The van der Waals surface area contributed by atoms with Gasteiger partial charge < -0.3 is 0 Å². The molecule has 0 fully saturated rings. The van der Waals surface area contributed by atoms with E-state index in [0.29, 0.717) is 5.41 Å². The van der Waals surface area contributed by atoms with Gasteiger partial charge >= 0.3 is 0 Å². The molecule has 0 N–H and O–H groups in total. The Bertz CT molecular complexity index is 137. The van der Waals surface area contributed by atoms with Crippen molar-refractivity contribution < 1.29 is 0 Å². The summed E-state index contributed by atoms with van der Waals surface area (Å²) in [6, 6.07) is 0. The quantitative estimate of drug-likeness (QED) is 0.452. The zero-order valence-electron chi connectivity index (χ0n) is 11.7. The molecule has 0 amide bonds. The monoisotopic (exact) mass is 212 g/mol. The van der Waals surface area contributed by atoms with Gasteiger partial charge in [0.2, 0.25) is 0 Å². The average molecular weight is 212 g/mol. The van der Waals surface area contributed by atoms with E-state index in [1.807, 2.05) is 0 Å². The Hall–Kier alpha value is 0. The van der Waals surface area contributed by atoms with Crippen molar-refractivity contribution in [2.45, 2.75) is 86.0 Å². The summed E-state index contributed by atoms with van der Waals surface area (Å²) >= 11 is 0. The normalized spacial score (nSPS) is 15.6. The summed E-state index contributed by atoms with van der Waals surface area (Å²) in [5.41, 5.74) is 0.676. The molecule has 0 aromatic carbocycles. The molecule has 0 aliphatic rings. The molecule has 0 radical (unpaired) electrons. The molecule has 0 aromatic heterocycles. The highest BCUT2D eigenvalue weighted by Gasteiger charge is 2.26. The van der Waals surface area contributed by atoms with Crippen LogP contribution in [0.5, 0.6) is 0 Å². The fourth-order valence-electron chi connectivity index (χ4n) is 2.58. The van der Waals surface area contributed by atoms with Gasteiger partial charge in [-0.25, -0.2) is 0 Å². The number of hydrogen-bond acceptors (Lipinski definition) is 0. The summed E-state index contributed by atoms with van der Waals surface area (Å²) in [6.07, 6.45) is 11.3. The lowest BCUT2D eigenvalue weighted by Crippen LogP contribution is -2.20. The van der Waals surface area contributed by atoms with Crippen molar-refractivity contribution in [2.75, 3.05) is 0 Å². The van der Waals surface area contributed by atoms with Gasteiger partial charge in [-0.05, 0) is 30.6 Å². The predicted octanol–water partition coefficient (Wildman–Crippen LogP) is 5.81. The van der Waals surface area contributed by atoms with E-state index in [4.69, 9.17) is 0 Å². The molecule has 0 rings (SSSR count). The highest BCUT2D eigenvalue weighted by atomic mass is 14.3. The molecule has 0 saturated carbocycles. The lowest BCUT2D eigenvalue weighted by atomic mass is 9.72. The van der Waals surface area contributed by atoms with E-state index < -0.39 is 0 Å². The van der Waals surface area contributed by atoms with Gasteiger partial charge in [0.05, 0.1) is 0 Å². The minimum absolute atomic E-state index is 0.676. The Morgan fingerprint density at radius 3 is 1.93 bits per heavy atom. The molecule has 0 aromatic rings. The van der Waals surface area contributed by atoms with Gasteiger partial charge in [-0.3, -0.25) is 0 Å². The van der Waals surface area contributed by atoms with Crippen LogP contribution >= 0.6 is 0 Å². The van der Waals surface area contributed by atoms with Gasteiger partial charge in [0.15, 0.2) is 0 Å². The number of unbranched alkanes of at least 4 members (excludes halogenated alkanes) is 1. The maximum Gasteiger partial charge on any atom is -0.0300 e. The van der Waals surface area contributed by atoms with Gasteiger partial charge in [0, 0.05) is 0 Å². The van der Waals surface area contributed by atoms with E-state index in [2.05, 4.69) is 34.6 Å². The Kier molecular flexibility index (Phi) is 8.19. The van der Waals surface area contributed by atoms with Crippen LogP contribution in [0.2, 0.25) is 0 Å². The molecule has 0 bridgehead atoms. The summed E-state index contributed by atoms with van der Waals surface area (Å²) in [6.45, 7) is 11.8. The molecule has 15 heavy (non-hydrogen) atoms. The summed E-state index contributed by atoms with van der Waals surface area (Å²) in [7, 11) is 0. The summed E-state index contributed by atoms with van der Waals surface area (Å²) in [5, 5.41) is 0. The van der Waals surface area contributed by atoms with Crippen LogP contribution in [0.4, 0.5) is 0 Å². The van der Waals surface area contributed by atoms with E-state index in [-0.39, 0.29) is 0 Å². The van der Waals surface area contributed by atoms with Crippen molar-refractivity contribution in [3.05, 3.63) is 0 Å². The topological polar surface area (TPSA) is 0 Å². The van der Waals surface area contributed by atoms with Crippen LogP contribution in [-0.2, 0) is 0 Å². The van der Waals surface area contributed by atoms with Crippen LogP contribution in [0, 0.1) is 11.3 Å². The molecular weight excluding hydrogens is 180 g/mol. The fraction of sp³-hybridized carbons (Fsp3) is 1.00. The Morgan fingerprint density at radius 2 is 1.53 bits per heavy atom. The van der Waals surface area contributed by atoms with Crippen LogP contribution in [-0.4, -0.2) is 0 Å². The van der Waals surface area contributed by atoms with Gasteiger partial charge in [-0.2, -0.15) is 0 Å². The summed E-state index contributed by atoms with van der Waals surface area (Å²) in [4.78, 5) is 0. The Labute approximate surface area is 97.8 Å². The van der Waals surface area contributed by atoms with Gasteiger partial charge in [-0.1, -0.05) is 66.7 Å². The van der Waals surface area contributed by atoms with Crippen molar-refractivity contribution in [1.82, 2.24) is 0 Å². The van der Waals surface area contributed by atoms with Crippen LogP contribution in [0.3, 0.4) is 0 Å². The lowest BCUT2D eigenvalue weighted by molar-refractivity contribution is 0.186. The fourth-order valence-corrected chi connectivity index (χ4v) is 2.58. The van der Waals surface area contributed by atoms with Crippen molar-refractivity contribution in [3.63, 3.8) is 0 Å². The molecule has 1 unspecified atom stereocenters. The Balaban J connectivity index is 4.21. The van der Waals surface area contributed by atoms with Crippen molar-refractivity contribution in [2.24, 2.45) is 11.3 Å². The second-order valence-corrected chi connectivity index (χ2v) is 5.64. The maximum atomic E-state index is 2.39. The largest absolute Gasteiger partial charge is 0.0654 e. The predicted molar refractivity (Wildman–Crippen MR) is 71.2 cm³/mol. The molecule has 0 heteroatoms. The highest BCUT2D eigenvalue weighted by Crippen LogP contribution is 2.39. The van der Waals surface area contributed by atoms with Crippen molar-refractivity contribution in [3.8, 4) is 0 Å². The standard InChI is InChI=1S/C15H32/c1-6-9-12-15(8-3,11-7-2)13-10-14(4)5/h14H,6-13H2,1-5H3. The van der Waals surface area contributed by atoms with Crippen LogP contribution in [0.25, 0.3) is 0 Å². The summed E-state index contributed by atoms with van der Waals surface area (Å²) in [5.74, 6) is 0.870. The van der Waals surface area contributed by atoms with Crippen LogP contribution in [0.1, 0.15) is 86.0 Å². The van der Waals surface area contributed by atoms with Gasteiger partial charge in [-0.15, -0.1) is 0 Å². The third-order valence-corrected chi connectivity index (χ3v) is 3.84. The molecule has 92 valence electrons.